The summed E-state index contributed by atoms with van der Waals surface area (Å²) in [5, 5.41) is 3.43. The Morgan fingerprint density at radius 3 is 2.27 bits per heavy atom. The third kappa shape index (κ3) is 6.80. The molecule has 3 amide bonds. The number of anilines is 1. The van der Waals surface area contributed by atoms with Crippen LogP contribution in [0.2, 0.25) is 0 Å². The van der Waals surface area contributed by atoms with Crippen LogP contribution in [0.5, 0.6) is 0 Å². The number of sulfonamides is 1. The molecule has 0 unspecified atom stereocenters. The number of carbonyl (C=O) groups is 3. The van der Waals surface area contributed by atoms with Crippen LogP contribution in [0.1, 0.15) is 43.6 Å². The van der Waals surface area contributed by atoms with E-state index in [9.17, 15) is 22.8 Å². The number of rotatable bonds is 8. The fourth-order valence-electron chi connectivity index (χ4n) is 5.40. The smallest absolute Gasteiger partial charge is 0.409 e. The molecule has 0 spiro atoms. The molecule has 3 aromatic rings. The second kappa shape index (κ2) is 13.5. The first-order valence-electron chi connectivity index (χ1n) is 14.5. The Balaban J connectivity index is 1.29. The highest BCUT2D eigenvalue weighted by molar-refractivity contribution is 7.89. The molecular weight excluding hydrogens is 603 g/mol. The number of nitrogens with zero attached hydrogens (tertiary/aromatic N) is 4. The summed E-state index contributed by atoms with van der Waals surface area (Å²) in [4.78, 5) is 45.0. The zero-order valence-electron chi connectivity index (χ0n) is 25.1. The van der Waals surface area contributed by atoms with Gasteiger partial charge in [-0.25, -0.2) is 13.2 Å². The summed E-state index contributed by atoms with van der Waals surface area (Å²) in [5.74, 6) is -0.594. The predicted molar refractivity (Wildman–Crippen MR) is 168 cm³/mol. The van der Waals surface area contributed by atoms with Gasteiger partial charge in [0.25, 0.3) is 11.8 Å². The monoisotopic (exact) mass is 639 g/mol. The van der Waals surface area contributed by atoms with Crippen molar-refractivity contribution in [2.75, 3.05) is 58.7 Å². The molecule has 2 aliphatic heterocycles. The molecule has 1 aromatic heterocycles. The Kier molecular flexibility index (Phi) is 9.68. The molecule has 0 saturated carbocycles. The number of thiophene rings is 1. The maximum Gasteiger partial charge on any atom is 0.409 e. The number of hydrogen-bond acceptors (Lipinski definition) is 8. The van der Waals surface area contributed by atoms with E-state index < -0.39 is 22.0 Å². The van der Waals surface area contributed by atoms with Crippen LogP contribution in [0.25, 0.3) is 0 Å². The van der Waals surface area contributed by atoms with Gasteiger partial charge in [-0.1, -0.05) is 30.3 Å². The van der Waals surface area contributed by atoms with Gasteiger partial charge in [0.05, 0.1) is 17.1 Å². The number of nitrogens with one attached hydrogen (secondary N) is 1. The molecule has 0 radical (unpaired) electrons. The van der Waals surface area contributed by atoms with Crippen molar-refractivity contribution >= 4 is 44.3 Å². The van der Waals surface area contributed by atoms with Crippen LogP contribution in [0.15, 0.2) is 59.5 Å². The largest absolute Gasteiger partial charge is 0.450 e. The Bertz CT molecular complexity index is 1610. The molecule has 0 atom stereocenters. The number of amides is 3. The SMILES string of the molecule is CCOC(=O)N1CCN(S(=O)(=O)c2ccc(C(=O)Nc3sc4c(c3C(=O)N(C)C)CCN(Cc3ccccc3)C4)cc2)CC1. The second-order valence-corrected chi connectivity index (χ2v) is 14.0. The van der Waals surface area contributed by atoms with E-state index in [-0.39, 0.29) is 49.2 Å². The van der Waals surface area contributed by atoms with Crippen LogP contribution in [0, 0.1) is 0 Å². The number of hydrogen-bond donors (Lipinski definition) is 1. The van der Waals surface area contributed by atoms with Gasteiger partial charge in [-0.05, 0) is 48.7 Å². The molecule has 11 nitrogen and oxygen atoms in total. The lowest BCUT2D eigenvalue weighted by molar-refractivity contribution is 0.0826. The molecule has 1 saturated heterocycles. The van der Waals surface area contributed by atoms with E-state index in [4.69, 9.17) is 4.74 Å². The lowest BCUT2D eigenvalue weighted by Gasteiger charge is -2.33. The van der Waals surface area contributed by atoms with Gasteiger partial charge >= 0.3 is 6.09 Å². The van der Waals surface area contributed by atoms with E-state index in [0.717, 1.165) is 23.5 Å². The molecule has 1 fully saturated rings. The van der Waals surface area contributed by atoms with Crippen LogP contribution >= 0.6 is 11.3 Å². The van der Waals surface area contributed by atoms with E-state index >= 15 is 0 Å². The molecule has 0 aliphatic carbocycles. The molecule has 0 bridgehead atoms. The van der Waals surface area contributed by atoms with Gasteiger partial charge in [0.2, 0.25) is 10.0 Å². The highest BCUT2D eigenvalue weighted by Crippen LogP contribution is 2.38. The van der Waals surface area contributed by atoms with E-state index in [2.05, 4.69) is 22.3 Å². The topological polar surface area (TPSA) is 120 Å². The van der Waals surface area contributed by atoms with Crippen LogP contribution in [0.4, 0.5) is 9.80 Å². The van der Waals surface area contributed by atoms with Gasteiger partial charge in [0.1, 0.15) is 5.00 Å². The Labute approximate surface area is 262 Å². The second-order valence-electron chi connectivity index (χ2n) is 10.9. The zero-order chi connectivity index (χ0) is 31.4. The summed E-state index contributed by atoms with van der Waals surface area (Å²) in [6.07, 6.45) is 0.246. The predicted octanol–water partition coefficient (Wildman–Crippen LogP) is 3.72. The molecule has 234 valence electrons. The summed E-state index contributed by atoms with van der Waals surface area (Å²) in [7, 11) is -0.427. The van der Waals surface area contributed by atoms with Crippen molar-refractivity contribution in [3.63, 3.8) is 0 Å². The number of fused-ring (bicyclic) bond motifs is 1. The Morgan fingerprint density at radius 1 is 0.955 bits per heavy atom. The molecule has 13 heteroatoms. The van der Waals surface area contributed by atoms with Crippen molar-refractivity contribution in [2.24, 2.45) is 0 Å². The van der Waals surface area contributed by atoms with Crippen LogP contribution < -0.4 is 5.32 Å². The molecule has 1 N–H and O–H groups in total. The highest BCUT2D eigenvalue weighted by Gasteiger charge is 2.32. The number of carbonyl (C=O) groups excluding carboxylic acids is 3. The molecule has 5 rings (SSSR count). The fourth-order valence-corrected chi connectivity index (χ4v) is 8.10. The van der Waals surface area contributed by atoms with Gasteiger partial charge in [-0.2, -0.15) is 4.31 Å². The van der Waals surface area contributed by atoms with Crippen molar-refractivity contribution < 1.29 is 27.5 Å². The maximum atomic E-state index is 13.3. The number of ether oxygens (including phenoxy) is 1. The van der Waals surface area contributed by atoms with Crippen LogP contribution in [-0.2, 0) is 34.3 Å². The number of piperazine rings is 1. The Hall–Kier alpha value is -3.78. The first-order valence-corrected chi connectivity index (χ1v) is 16.8. The Morgan fingerprint density at radius 2 is 1.64 bits per heavy atom. The van der Waals surface area contributed by atoms with Gasteiger partial charge in [0, 0.05) is 70.3 Å². The average molecular weight is 640 g/mol. The molecule has 44 heavy (non-hydrogen) atoms. The average Bonchev–Trinajstić information content (AvgIpc) is 3.38. The third-order valence-corrected chi connectivity index (χ3v) is 10.8. The van der Waals surface area contributed by atoms with E-state index in [1.807, 2.05) is 18.2 Å². The lowest BCUT2D eigenvalue weighted by Crippen LogP contribution is -2.50. The lowest BCUT2D eigenvalue weighted by atomic mass is 10.0. The van der Waals surface area contributed by atoms with Crippen molar-refractivity contribution in [1.29, 1.82) is 0 Å². The van der Waals surface area contributed by atoms with E-state index in [0.29, 0.717) is 23.5 Å². The number of benzene rings is 2. The first kappa shape index (κ1) is 31.6. The molecule has 2 aromatic carbocycles. The van der Waals surface area contributed by atoms with Gasteiger partial charge < -0.3 is 19.9 Å². The summed E-state index contributed by atoms with van der Waals surface area (Å²) in [6, 6.07) is 16.0. The summed E-state index contributed by atoms with van der Waals surface area (Å²) in [5.41, 5.74) is 2.98. The van der Waals surface area contributed by atoms with Crippen molar-refractivity contribution in [1.82, 2.24) is 19.0 Å². The van der Waals surface area contributed by atoms with Gasteiger partial charge in [0.15, 0.2) is 0 Å². The van der Waals surface area contributed by atoms with Crippen LogP contribution in [0.3, 0.4) is 0 Å². The summed E-state index contributed by atoms with van der Waals surface area (Å²) < 4.78 is 32.8. The van der Waals surface area contributed by atoms with E-state index in [1.54, 1.807) is 21.0 Å². The van der Waals surface area contributed by atoms with Crippen molar-refractivity contribution in [2.45, 2.75) is 31.3 Å². The van der Waals surface area contributed by atoms with Crippen LogP contribution in [-0.4, -0.2) is 98.8 Å². The van der Waals surface area contributed by atoms with Gasteiger partial charge in [-0.15, -0.1) is 11.3 Å². The quantitative estimate of drug-likeness (QED) is 0.399. The normalized spacial score (nSPS) is 15.8. The first-order chi connectivity index (χ1) is 21.1. The summed E-state index contributed by atoms with van der Waals surface area (Å²) in [6.45, 7) is 5.03. The minimum Gasteiger partial charge on any atom is -0.450 e. The fraction of sp³-hybridized carbons (Fsp3) is 0.387. The zero-order valence-corrected chi connectivity index (χ0v) is 26.7. The van der Waals surface area contributed by atoms with Gasteiger partial charge in [-0.3, -0.25) is 14.5 Å². The maximum absolute atomic E-state index is 13.3. The van der Waals surface area contributed by atoms with Crippen molar-refractivity contribution in [3.8, 4) is 0 Å². The van der Waals surface area contributed by atoms with E-state index in [1.165, 1.54) is 55.3 Å². The van der Waals surface area contributed by atoms with Crippen molar-refractivity contribution in [3.05, 3.63) is 81.7 Å². The highest BCUT2D eigenvalue weighted by atomic mass is 32.2. The molecule has 3 heterocycles. The minimum absolute atomic E-state index is 0.0622. The summed E-state index contributed by atoms with van der Waals surface area (Å²) >= 11 is 1.42. The minimum atomic E-state index is -3.81. The third-order valence-electron chi connectivity index (χ3n) is 7.75. The molecular formula is C31H37N5O6S2. The molecule has 2 aliphatic rings. The standard InChI is InChI=1S/C31H37N5O6S2/c1-4-42-31(39)35-16-18-36(19-17-35)44(40,41)24-12-10-23(11-13-24)28(37)32-29-27(30(38)33(2)3)25-14-15-34(21-26(25)43-29)20-22-8-6-5-7-9-22/h5-13H,4,14-21H2,1-3H3,(H,32,37).